The van der Waals surface area contributed by atoms with Crippen LogP contribution in [0.25, 0.3) is 0 Å². The Labute approximate surface area is 146 Å². The van der Waals surface area contributed by atoms with Crippen LogP contribution in [0.3, 0.4) is 0 Å². The summed E-state index contributed by atoms with van der Waals surface area (Å²) in [5.74, 6) is 0.933. The Hall–Kier alpha value is -2.02. The predicted octanol–water partition coefficient (Wildman–Crippen LogP) is 3.10. The van der Waals surface area contributed by atoms with Gasteiger partial charge in [-0.15, -0.1) is 10.2 Å². The highest BCUT2D eigenvalue weighted by Crippen LogP contribution is 2.20. The Balaban J connectivity index is 1.88. The first kappa shape index (κ1) is 18.3. The second kappa shape index (κ2) is 8.73. The van der Waals surface area contributed by atoms with E-state index in [-0.39, 0.29) is 5.75 Å². The lowest BCUT2D eigenvalue weighted by atomic mass is 10.1. The van der Waals surface area contributed by atoms with E-state index < -0.39 is 5.97 Å². The minimum Gasteiger partial charge on any atom is -0.493 e. The molecule has 0 atom stereocenters. The minimum absolute atomic E-state index is 0.00607. The third-order valence-electron chi connectivity index (χ3n) is 3.58. The number of thioether (sulfide) groups is 1. The number of carbonyl (C=O) groups is 1. The molecule has 1 N–H and O–H groups in total. The molecule has 0 aliphatic heterocycles. The van der Waals surface area contributed by atoms with Gasteiger partial charge in [0.1, 0.15) is 11.6 Å². The number of carboxylic acids is 1. The summed E-state index contributed by atoms with van der Waals surface area (Å²) in [6, 6.07) is 6.18. The molecule has 7 heteroatoms. The molecule has 6 nitrogen and oxygen atoms in total. The Kier molecular flexibility index (Phi) is 6.66. The van der Waals surface area contributed by atoms with E-state index >= 15 is 0 Å². The summed E-state index contributed by atoms with van der Waals surface area (Å²) in [7, 11) is 0. The summed E-state index contributed by atoms with van der Waals surface area (Å²) in [6.45, 7) is 7.42. The number of aromatic nitrogens is 3. The highest BCUT2D eigenvalue weighted by molar-refractivity contribution is 7.99. The van der Waals surface area contributed by atoms with E-state index in [9.17, 15) is 4.79 Å². The van der Waals surface area contributed by atoms with Crippen molar-refractivity contribution in [3.63, 3.8) is 0 Å². The number of aliphatic carboxylic acids is 1. The van der Waals surface area contributed by atoms with Gasteiger partial charge in [-0.05, 0) is 44.4 Å². The third kappa shape index (κ3) is 4.99. The molecule has 0 aliphatic carbocycles. The van der Waals surface area contributed by atoms with Crippen molar-refractivity contribution in [2.24, 2.45) is 0 Å². The van der Waals surface area contributed by atoms with Gasteiger partial charge in [-0.25, -0.2) is 0 Å². The predicted molar refractivity (Wildman–Crippen MR) is 93.8 cm³/mol. The lowest BCUT2D eigenvalue weighted by Gasteiger charge is -2.10. The molecule has 0 aliphatic rings. The van der Waals surface area contributed by atoms with Crippen LogP contribution in [-0.2, 0) is 17.8 Å². The van der Waals surface area contributed by atoms with Crippen LogP contribution in [0.15, 0.2) is 23.4 Å². The van der Waals surface area contributed by atoms with Gasteiger partial charge in [-0.2, -0.15) is 0 Å². The van der Waals surface area contributed by atoms with Gasteiger partial charge in [0.15, 0.2) is 5.16 Å². The molecular formula is C17H23N3O3S. The summed E-state index contributed by atoms with van der Waals surface area (Å²) < 4.78 is 7.82. The van der Waals surface area contributed by atoms with Crippen molar-refractivity contribution in [2.45, 2.75) is 45.3 Å². The maximum absolute atomic E-state index is 10.7. The third-order valence-corrected chi connectivity index (χ3v) is 4.53. The molecule has 0 radical (unpaired) electrons. The number of hydrogen-bond acceptors (Lipinski definition) is 5. The van der Waals surface area contributed by atoms with Crippen molar-refractivity contribution in [1.29, 1.82) is 0 Å². The number of carboxylic acid groups (broad SMARTS) is 1. The number of ether oxygens (including phenoxy) is 1. The summed E-state index contributed by atoms with van der Waals surface area (Å²) >= 11 is 1.20. The zero-order valence-electron chi connectivity index (χ0n) is 14.3. The average Bonchev–Trinajstić information content (AvgIpc) is 2.94. The van der Waals surface area contributed by atoms with Crippen molar-refractivity contribution in [1.82, 2.24) is 14.8 Å². The SMILES string of the molecule is CCn1c(CCCOc2cc(C)ccc2C)nnc1SCC(=O)O. The molecule has 24 heavy (non-hydrogen) atoms. The molecule has 1 heterocycles. The lowest BCUT2D eigenvalue weighted by molar-refractivity contribution is -0.133. The van der Waals surface area contributed by atoms with Crippen LogP contribution in [0.2, 0.25) is 0 Å². The van der Waals surface area contributed by atoms with E-state index in [4.69, 9.17) is 9.84 Å². The van der Waals surface area contributed by atoms with Gasteiger partial charge in [-0.1, -0.05) is 23.9 Å². The average molecular weight is 349 g/mol. The standard InChI is InChI=1S/C17H23N3O3S/c1-4-20-15(18-19-17(20)24-11-16(21)22)6-5-9-23-14-10-12(2)7-8-13(14)3/h7-8,10H,4-6,9,11H2,1-3H3,(H,21,22). The van der Waals surface area contributed by atoms with E-state index in [0.717, 1.165) is 36.5 Å². The Morgan fingerprint density at radius 3 is 2.83 bits per heavy atom. The molecule has 1 aromatic carbocycles. The van der Waals surface area contributed by atoms with Crippen LogP contribution in [0, 0.1) is 13.8 Å². The van der Waals surface area contributed by atoms with Crippen molar-refractivity contribution in [3.8, 4) is 5.75 Å². The van der Waals surface area contributed by atoms with E-state index in [1.165, 1.54) is 17.3 Å². The van der Waals surface area contributed by atoms with E-state index in [1.54, 1.807) is 0 Å². The van der Waals surface area contributed by atoms with Gasteiger partial charge in [0.2, 0.25) is 0 Å². The molecule has 1 aromatic heterocycles. The number of aryl methyl sites for hydroxylation is 3. The quantitative estimate of drug-likeness (QED) is 0.554. The van der Waals surface area contributed by atoms with Crippen LogP contribution in [-0.4, -0.2) is 38.2 Å². The van der Waals surface area contributed by atoms with E-state index in [0.29, 0.717) is 11.8 Å². The first-order valence-electron chi connectivity index (χ1n) is 7.98. The zero-order valence-corrected chi connectivity index (χ0v) is 15.1. The Morgan fingerprint density at radius 1 is 1.33 bits per heavy atom. The van der Waals surface area contributed by atoms with Crippen molar-refractivity contribution < 1.29 is 14.6 Å². The highest BCUT2D eigenvalue weighted by atomic mass is 32.2. The van der Waals surface area contributed by atoms with Crippen LogP contribution in [0.4, 0.5) is 0 Å². The van der Waals surface area contributed by atoms with Crippen molar-refractivity contribution in [2.75, 3.05) is 12.4 Å². The monoisotopic (exact) mass is 349 g/mol. The molecule has 0 fully saturated rings. The Bertz CT molecular complexity index is 700. The van der Waals surface area contributed by atoms with Gasteiger partial charge in [0.25, 0.3) is 0 Å². The zero-order chi connectivity index (χ0) is 17.5. The molecule has 2 rings (SSSR count). The van der Waals surface area contributed by atoms with Gasteiger partial charge < -0.3 is 14.4 Å². The summed E-state index contributed by atoms with van der Waals surface area (Å²) in [4.78, 5) is 10.7. The molecule has 0 saturated carbocycles. The fraction of sp³-hybridized carbons (Fsp3) is 0.471. The van der Waals surface area contributed by atoms with Gasteiger partial charge in [-0.3, -0.25) is 4.79 Å². The van der Waals surface area contributed by atoms with Crippen LogP contribution >= 0.6 is 11.8 Å². The Morgan fingerprint density at radius 2 is 2.12 bits per heavy atom. The minimum atomic E-state index is -0.853. The molecule has 0 bridgehead atoms. The molecule has 0 spiro atoms. The van der Waals surface area contributed by atoms with Crippen molar-refractivity contribution in [3.05, 3.63) is 35.2 Å². The second-order valence-corrected chi connectivity index (χ2v) is 6.49. The summed E-state index contributed by atoms with van der Waals surface area (Å²) in [6.07, 6.45) is 1.58. The van der Waals surface area contributed by atoms with Crippen LogP contribution in [0.5, 0.6) is 5.75 Å². The fourth-order valence-electron chi connectivity index (χ4n) is 2.33. The molecule has 0 unspecified atom stereocenters. The number of rotatable bonds is 9. The van der Waals surface area contributed by atoms with Gasteiger partial charge >= 0.3 is 5.97 Å². The maximum atomic E-state index is 10.7. The molecular weight excluding hydrogens is 326 g/mol. The molecule has 2 aromatic rings. The number of hydrogen-bond donors (Lipinski definition) is 1. The smallest absolute Gasteiger partial charge is 0.313 e. The first-order chi connectivity index (χ1) is 11.5. The van der Waals surface area contributed by atoms with E-state index in [1.807, 2.05) is 31.4 Å². The van der Waals surface area contributed by atoms with E-state index in [2.05, 4.69) is 22.3 Å². The fourth-order valence-corrected chi connectivity index (χ4v) is 3.07. The maximum Gasteiger partial charge on any atom is 0.313 e. The lowest BCUT2D eigenvalue weighted by Crippen LogP contribution is -2.07. The largest absolute Gasteiger partial charge is 0.493 e. The highest BCUT2D eigenvalue weighted by Gasteiger charge is 2.12. The summed E-state index contributed by atoms with van der Waals surface area (Å²) in [5, 5.41) is 17.7. The molecule has 0 saturated heterocycles. The van der Waals surface area contributed by atoms with Crippen LogP contribution in [0.1, 0.15) is 30.3 Å². The van der Waals surface area contributed by atoms with Crippen LogP contribution < -0.4 is 4.74 Å². The normalized spacial score (nSPS) is 10.8. The van der Waals surface area contributed by atoms with Gasteiger partial charge in [0.05, 0.1) is 12.4 Å². The number of benzene rings is 1. The van der Waals surface area contributed by atoms with Crippen molar-refractivity contribution >= 4 is 17.7 Å². The second-order valence-electron chi connectivity index (χ2n) is 5.55. The molecule has 0 amide bonds. The topological polar surface area (TPSA) is 77.2 Å². The first-order valence-corrected chi connectivity index (χ1v) is 8.96. The van der Waals surface area contributed by atoms with Gasteiger partial charge in [0, 0.05) is 13.0 Å². The summed E-state index contributed by atoms with van der Waals surface area (Å²) in [5.41, 5.74) is 2.31. The molecule has 130 valence electrons. The number of nitrogens with zero attached hydrogens (tertiary/aromatic N) is 3.